The highest BCUT2D eigenvalue weighted by atomic mass is 32.2. The molecule has 0 fully saturated rings. The molecule has 0 spiro atoms. The van der Waals surface area contributed by atoms with Crippen LogP contribution in [0.1, 0.15) is 17.3 Å². The maximum Gasteiger partial charge on any atom is 0.189 e. The van der Waals surface area contributed by atoms with Crippen molar-refractivity contribution in [1.82, 2.24) is 5.32 Å². The molecule has 1 heterocycles. The Kier molecular flexibility index (Phi) is 4.76. The van der Waals surface area contributed by atoms with Gasteiger partial charge in [-0.3, -0.25) is 4.79 Å². The number of carbonyl (C=O) groups is 1. The lowest BCUT2D eigenvalue weighted by molar-refractivity contribution is 0.104. The smallest absolute Gasteiger partial charge is 0.189 e. The Bertz CT molecular complexity index is 317. The highest BCUT2D eigenvalue weighted by molar-refractivity contribution is 8.02. The van der Waals surface area contributed by atoms with Crippen molar-refractivity contribution in [1.29, 1.82) is 0 Å². The minimum atomic E-state index is 0.0663. The second-order valence-electron chi connectivity index (χ2n) is 2.62. The predicted octanol–water partition coefficient (Wildman–Crippen LogP) is 2.74. The van der Waals surface area contributed by atoms with Crippen molar-refractivity contribution < 1.29 is 4.79 Å². The first-order chi connectivity index (χ1) is 6.77. The average Bonchev–Trinajstić information content (AvgIpc) is 2.69. The summed E-state index contributed by atoms with van der Waals surface area (Å²) in [5.41, 5.74) is 0.763. The topological polar surface area (TPSA) is 29.1 Å². The number of thiophene rings is 1. The summed E-state index contributed by atoms with van der Waals surface area (Å²) in [5.74, 6) is 0.0663. The van der Waals surface area contributed by atoms with Crippen LogP contribution in [0.2, 0.25) is 0 Å². The summed E-state index contributed by atoms with van der Waals surface area (Å²) in [6.45, 7) is 2.85. The zero-order chi connectivity index (χ0) is 10.4. The molecule has 1 aromatic rings. The van der Waals surface area contributed by atoms with Crippen LogP contribution < -0.4 is 5.32 Å². The van der Waals surface area contributed by atoms with E-state index in [0.717, 1.165) is 17.1 Å². The number of thioether (sulfide) groups is 1. The quantitative estimate of drug-likeness (QED) is 0.619. The highest BCUT2D eigenvalue weighted by Crippen LogP contribution is 2.12. The van der Waals surface area contributed by atoms with Crippen molar-refractivity contribution in [3.63, 3.8) is 0 Å². The van der Waals surface area contributed by atoms with Crippen LogP contribution in [-0.4, -0.2) is 18.6 Å². The van der Waals surface area contributed by atoms with Gasteiger partial charge in [-0.1, -0.05) is 0 Å². The molecule has 0 aliphatic rings. The van der Waals surface area contributed by atoms with Gasteiger partial charge in [-0.2, -0.15) is 11.3 Å². The Balaban J connectivity index is 2.70. The molecular weight excluding hydrogens is 214 g/mol. The summed E-state index contributed by atoms with van der Waals surface area (Å²) in [7, 11) is 0. The number of ketones is 1. The van der Waals surface area contributed by atoms with Gasteiger partial charge in [-0.15, -0.1) is 11.8 Å². The fraction of sp³-hybridized carbons (Fsp3) is 0.300. The van der Waals surface area contributed by atoms with Gasteiger partial charge in [0.05, 0.1) is 5.03 Å². The lowest BCUT2D eigenvalue weighted by Crippen LogP contribution is -2.10. The van der Waals surface area contributed by atoms with Crippen LogP contribution in [0, 0.1) is 0 Å². The van der Waals surface area contributed by atoms with Gasteiger partial charge < -0.3 is 5.32 Å². The van der Waals surface area contributed by atoms with E-state index >= 15 is 0 Å². The van der Waals surface area contributed by atoms with Gasteiger partial charge in [-0.05, 0) is 24.6 Å². The Labute approximate surface area is 92.4 Å². The van der Waals surface area contributed by atoms with Crippen molar-refractivity contribution >= 4 is 28.9 Å². The van der Waals surface area contributed by atoms with Crippen molar-refractivity contribution in [2.75, 3.05) is 12.8 Å². The van der Waals surface area contributed by atoms with Gasteiger partial charge >= 0.3 is 0 Å². The first-order valence-corrected chi connectivity index (χ1v) is 6.50. The molecule has 14 heavy (non-hydrogen) atoms. The molecule has 2 nitrogen and oxygen atoms in total. The van der Waals surface area contributed by atoms with E-state index in [1.54, 1.807) is 17.8 Å². The summed E-state index contributed by atoms with van der Waals surface area (Å²) in [5, 5.41) is 7.83. The Morgan fingerprint density at radius 1 is 1.71 bits per heavy atom. The summed E-state index contributed by atoms with van der Waals surface area (Å²) in [6, 6.07) is 1.84. The first kappa shape index (κ1) is 11.3. The van der Waals surface area contributed by atoms with Crippen LogP contribution >= 0.6 is 23.1 Å². The molecular formula is C10H13NOS2. The largest absolute Gasteiger partial charge is 0.380 e. The summed E-state index contributed by atoms with van der Waals surface area (Å²) in [4.78, 5) is 11.6. The molecule has 0 saturated carbocycles. The lowest BCUT2D eigenvalue weighted by Gasteiger charge is -2.03. The molecule has 0 unspecified atom stereocenters. The predicted molar refractivity (Wildman–Crippen MR) is 63.9 cm³/mol. The van der Waals surface area contributed by atoms with Crippen LogP contribution in [0.3, 0.4) is 0 Å². The number of hydrogen-bond acceptors (Lipinski definition) is 4. The molecule has 0 saturated heterocycles. The van der Waals surface area contributed by atoms with Gasteiger partial charge in [0.25, 0.3) is 0 Å². The maximum absolute atomic E-state index is 11.6. The minimum absolute atomic E-state index is 0.0663. The van der Waals surface area contributed by atoms with Crippen molar-refractivity contribution in [3.8, 4) is 0 Å². The number of allylic oxidation sites excluding steroid dienone is 1. The molecule has 0 atom stereocenters. The van der Waals surface area contributed by atoms with Gasteiger partial charge in [0.1, 0.15) is 0 Å². The van der Waals surface area contributed by atoms with E-state index < -0.39 is 0 Å². The average molecular weight is 227 g/mol. The second kappa shape index (κ2) is 5.88. The van der Waals surface area contributed by atoms with Crippen molar-refractivity contribution in [2.45, 2.75) is 6.92 Å². The third kappa shape index (κ3) is 3.20. The molecule has 0 aliphatic heterocycles. The maximum atomic E-state index is 11.6. The minimum Gasteiger partial charge on any atom is -0.380 e. The fourth-order valence-electron chi connectivity index (χ4n) is 0.963. The van der Waals surface area contributed by atoms with Crippen molar-refractivity contribution in [3.05, 3.63) is 33.5 Å². The van der Waals surface area contributed by atoms with Gasteiger partial charge in [0.2, 0.25) is 0 Å². The van der Waals surface area contributed by atoms with E-state index in [1.807, 2.05) is 30.0 Å². The van der Waals surface area contributed by atoms with E-state index in [1.165, 1.54) is 11.3 Å². The second-order valence-corrected chi connectivity index (χ2v) is 4.25. The zero-order valence-electron chi connectivity index (χ0n) is 8.24. The van der Waals surface area contributed by atoms with Gasteiger partial charge in [0, 0.05) is 23.6 Å². The van der Waals surface area contributed by atoms with Crippen LogP contribution in [0.25, 0.3) is 0 Å². The highest BCUT2D eigenvalue weighted by Gasteiger charge is 2.03. The normalized spacial score (nSPS) is 11.4. The number of hydrogen-bond donors (Lipinski definition) is 1. The van der Waals surface area contributed by atoms with Crippen LogP contribution in [0.4, 0.5) is 0 Å². The third-order valence-electron chi connectivity index (χ3n) is 1.64. The van der Waals surface area contributed by atoms with Gasteiger partial charge in [0.15, 0.2) is 5.78 Å². The molecule has 0 radical (unpaired) electrons. The SMILES string of the molecule is CCN/C(=C\C(=O)c1ccsc1)SC. The van der Waals surface area contributed by atoms with Crippen LogP contribution in [0.15, 0.2) is 27.9 Å². The monoisotopic (exact) mass is 227 g/mol. The molecule has 0 aromatic carbocycles. The molecule has 0 bridgehead atoms. The Morgan fingerprint density at radius 2 is 2.50 bits per heavy atom. The van der Waals surface area contributed by atoms with E-state index in [2.05, 4.69) is 5.32 Å². The van der Waals surface area contributed by atoms with E-state index in [9.17, 15) is 4.79 Å². The molecule has 1 rings (SSSR count). The van der Waals surface area contributed by atoms with Gasteiger partial charge in [-0.25, -0.2) is 0 Å². The van der Waals surface area contributed by atoms with Crippen LogP contribution in [0.5, 0.6) is 0 Å². The van der Waals surface area contributed by atoms with Crippen molar-refractivity contribution in [2.24, 2.45) is 0 Å². The third-order valence-corrected chi connectivity index (χ3v) is 3.02. The van der Waals surface area contributed by atoms with E-state index in [0.29, 0.717) is 0 Å². The Hall–Kier alpha value is -0.740. The van der Waals surface area contributed by atoms with E-state index in [4.69, 9.17) is 0 Å². The first-order valence-electron chi connectivity index (χ1n) is 4.34. The standard InChI is InChI=1S/C10H13NOS2/c1-3-11-10(13-2)6-9(12)8-4-5-14-7-8/h4-7,11H,3H2,1-2H3/b10-6+. The zero-order valence-corrected chi connectivity index (χ0v) is 9.87. The summed E-state index contributed by atoms with van der Waals surface area (Å²) >= 11 is 3.09. The summed E-state index contributed by atoms with van der Waals surface area (Å²) in [6.07, 6.45) is 3.60. The molecule has 0 amide bonds. The fourth-order valence-corrected chi connectivity index (χ4v) is 2.12. The summed E-state index contributed by atoms with van der Waals surface area (Å²) < 4.78 is 0. The van der Waals surface area contributed by atoms with E-state index in [-0.39, 0.29) is 5.78 Å². The lowest BCUT2D eigenvalue weighted by atomic mass is 10.2. The number of nitrogens with one attached hydrogen (secondary N) is 1. The molecule has 0 aliphatic carbocycles. The number of carbonyl (C=O) groups excluding carboxylic acids is 1. The molecule has 1 aromatic heterocycles. The molecule has 4 heteroatoms. The molecule has 1 N–H and O–H groups in total. The molecule has 76 valence electrons. The van der Waals surface area contributed by atoms with Crippen LogP contribution in [-0.2, 0) is 0 Å². The Morgan fingerprint density at radius 3 is 3.00 bits per heavy atom. The number of rotatable bonds is 5.